The summed E-state index contributed by atoms with van der Waals surface area (Å²) in [5.74, 6) is -2.25. The van der Waals surface area contributed by atoms with E-state index in [0.717, 1.165) is 11.5 Å². The molecule has 3 nitrogen and oxygen atoms in total. The van der Waals surface area contributed by atoms with E-state index in [2.05, 4.69) is 0 Å². The van der Waals surface area contributed by atoms with Crippen molar-refractivity contribution >= 4 is 5.91 Å². The zero-order chi connectivity index (χ0) is 7.49. The van der Waals surface area contributed by atoms with Gasteiger partial charge in [0.15, 0.2) is 6.19 Å². The first kappa shape index (κ1) is 7.75. The Morgan fingerprint density at radius 2 is 2.00 bits per heavy atom. The standard InChI is InChI=1S/C3HF3N2O/c4-3(5,6)2(9)8-1-7/h(H,8,9). The Kier molecular flexibility index (Phi) is 2.02. The number of carbonyl (C=O) groups is 1. The van der Waals surface area contributed by atoms with Crippen LogP contribution in [0.2, 0.25) is 0 Å². The Labute approximate surface area is 48.1 Å². The van der Waals surface area contributed by atoms with Gasteiger partial charge in [0.25, 0.3) is 0 Å². The average molecular weight is 138 g/mol. The maximum Gasteiger partial charge on any atom is 0.472 e. The smallest absolute Gasteiger partial charge is 0.263 e. The molecule has 0 heterocycles. The van der Waals surface area contributed by atoms with Crippen molar-refractivity contribution in [1.82, 2.24) is 5.32 Å². The minimum atomic E-state index is -4.96. The van der Waals surface area contributed by atoms with Crippen molar-refractivity contribution < 1.29 is 18.0 Å². The number of carbonyl (C=O) groups excluding carboxylic acids is 1. The highest BCUT2D eigenvalue weighted by atomic mass is 19.4. The van der Waals surface area contributed by atoms with Gasteiger partial charge in [-0.3, -0.25) is 10.1 Å². The summed E-state index contributed by atoms with van der Waals surface area (Å²) < 4.78 is 33.2. The molecule has 0 aromatic rings. The van der Waals surface area contributed by atoms with Crippen LogP contribution < -0.4 is 5.32 Å². The first-order chi connectivity index (χ1) is 3.98. The number of amides is 1. The zero-order valence-electron chi connectivity index (χ0n) is 3.99. The molecule has 0 aliphatic carbocycles. The fourth-order valence-corrected chi connectivity index (χ4v) is 0.122. The van der Waals surface area contributed by atoms with E-state index >= 15 is 0 Å². The van der Waals surface area contributed by atoms with E-state index in [9.17, 15) is 18.0 Å². The van der Waals surface area contributed by atoms with Gasteiger partial charge in [-0.2, -0.15) is 18.4 Å². The maximum atomic E-state index is 11.1. The summed E-state index contributed by atoms with van der Waals surface area (Å²) in [7, 11) is 0. The fourth-order valence-electron chi connectivity index (χ4n) is 0.122. The summed E-state index contributed by atoms with van der Waals surface area (Å²) in [5.41, 5.74) is 0. The van der Waals surface area contributed by atoms with Crippen LogP contribution in [0.15, 0.2) is 0 Å². The Hall–Kier alpha value is -1.25. The number of hydrogen-bond donors (Lipinski definition) is 1. The lowest BCUT2D eigenvalue weighted by Gasteiger charge is -1.99. The highest BCUT2D eigenvalue weighted by molar-refractivity contribution is 5.82. The number of rotatable bonds is 0. The van der Waals surface area contributed by atoms with Crippen molar-refractivity contribution in [3.05, 3.63) is 0 Å². The van der Waals surface area contributed by atoms with E-state index in [1.807, 2.05) is 0 Å². The second kappa shape index (κ2) is 2.35. The molecular weight excluding hydrogens is 137 g/mol. The van der Waals surface area contributed by atoms with E-state index < -0.39 is 12.1 Å². The van der Waals surface area contributed by atoms with Gasteiger partial charge < -0.3 is 0 Å². The van der Waals surface area contributed by atoms with Crippen molar-refractivity contribution in [3.63, 3.8) is 0 Å². The van der Waals surface area contributed by atoms with Crippen LogP contribution in [0.4, 0.5) is 13.2 Å². The first-order valence-electron chi connectivity index (χ1n) is 1.74. The van der Waals surface area contributed by atoms with E-state index in [-0.39, 0.29) is 0 Å². The van der Waals surface area contributed by atoms with Gasteiger partial charge in [-0.1, -0.05) is 0 Å². The molecule has 0 unspecified atom stereocenters. The van der Waals surface area contributed by atoms with Gasteiger partial charge >= 0.3 is 12.1 Å². The SMILES string of the molecule is N#CNC(=O)C(F)(F)F. The maximum absolute atomic E-state index is 11.1. The van der Waals surface area contributed by atoms with E-state index in [4.69, 9.17) is 5.26 Å². The molecule has 0 spiro atoms. The number of nitriles is 1. The van der Waals surface area contributed by atoms with Crippen molar-refractivity contribution in [2.75, 3.05) is 0 Å². The summed E-state index contributed by atoms with van der Waals surface area (Å²) in [6, 6.07) is 0. The number of nitrogens with one attached hydrogen (secondary N) is 1. The third kappa shape index (κ3) is 2.54. The molecule has 50 valence electrons. The lowest BCUT2D eigenvalue weighted by molar-refractivity contribution is -0.172. The van der Waals surface area contributed by atoms with Crippen LogP contribution in [0, 0.1) is 11.5 Å². The Morgan fingerprint density at radius 1 is 1.56 bits per heavy atom. The number of hydrogen-bond acceptors (Lipinski definition) is 2. The van der Waals surface area contributed by atoms with Gasteiger partial charge in [0.05, 0.1) is 0 Å². The van der Waals surface area contributed by atoms with Crippen LogP contribution >= 0.6 is 0 Å². The van der Waals surface area contributed by atoms with Crippen LogP contribution in [-0.4, -0.2) is 12.1 Å². The molecule has 1 N–H and O–H groups in total. The second-order valence-corrected chi connectivity index (χ2v) is 1.06. The zero-order valence-corrected chi connectivity index (χ0v) is 3.99. The van der Waals surface area contributed by atoms with Gasteiger partial charge in [-0.25, -0.2) is 0 Å². The topological polar surface area (TPSA) is 52.9 Å². The molecule has 0 aromatic heterocycles. The van der Waals surface area contributed by atoms with E-state index in [0.29, 0.717) is 0 Å². The molecule has 0 fully saturated rings. The highest BCUT2D eigenvalue weighted by Crippen LogP contribution is 2.13. The molecule has 1 amide bonds. The largest absolute Gasteiger partial charge is 0.472 e. The Morgan fingerprint density at radius 3 is 2.11 bits per heavy atom. The third-order valence-corrected chi connectivity index (χ3v) is 0.427. The molecule has 0 atom stereocenters. The number of nitrogens with zero attached hydrogens (tertiary/aromatic N) is 1. The normalized spacial score (nSPS) is 10.0. The summed E-state index contributed by atoms with van der Waals surface area (Å²) in [6.07, 6.45) is -4.11. The van der Waals surface area contributed by atoms with Crippen molar-refractivity contribution in [2.24, 2.45) is 0 Å². The van der Waals surface area contributed by atoms with Crippen LogP contribution in [0.3, 0.4) is 0 Å². The molecule has 0 rings (SSSR count). The Bertz CT molecular complexity index is 155. The molecule has 6 heteroatoms. The van der Waals surface area contributed by atoms with Crippen molar-refractivity contribution in [1.29, 1.82) is 5.26 Å². The van der Waals surface area contributed by atoms with Crippen LogP contribution in [0.1, 0.15) is 0 Å². The van der Waals surface area contributed by atoms with Crippen LogP contribution in [-0.2, 0) is 4.79 Å². The summed E-state index contributed by atoms with van der Waals surface area (Å²) in [6.45, 7) is 0. The van der Waals surface area contributed by atoms with E-state index in [1.165, 1.54) is 0 Å². The van der Waals surface area contributed by atoms with Gasteiger partial charge in [-0.05, 0) is 0 Å². The monoisotopic (exact) mass is 138 g/mol. The molecule has 0 aliphatic heterocycles. The van der Waals surface area contributed by atoms with Gasteiger partial charge in [-0.15, -0.1) is 0 Å². The Balaban J connectivity index is 3.93. The van der Waals surface area contributed by atoms with E-state index in [1.54, 1.807) is 0 Å². The van der Waals surface area contributed by atoms with Crippen LogP contribution in [0.5, 0.6) is 0 Å². The van der Waals surface area contributed by atoms with Gasteiger partial charge in [0, 0.05) is 0 Å². The first-order valence-corrected chi connectivity index (χ1v) is 1.74. The molecular formula is C3HF3N2O. The van der Waals surface area contributed by atoms with Crippen molar-refractivity contribution in [2.45, 2.75) is 6.18 Å². The van der Waals surface area contributed by atoms with Crippen molar-refractivity contribution in [3.8, 4) is 6.19 Å². The minimum Gasteiger partial charge on any atom is -0.263 e. The average Bonchev–Trinajstić information content (AvgIpc) is 1.64. The van der Waals surface area contributed by atoms with Crippen LogP contribution in [0.25, 0.3) is 0 Å². The lowest BCUT2D eigenvalue weighted by atomic mass is 10.6. The molecule has 0 aromatic carbocycles. The summed E-state index contributed by atoms with van der Waals surface area (Å²) in [5, 5.41) is 8.45. The molecule has 0 saturated heterocycles. The fraction of sp³-hybridized carbons (Fsp3) is 0.333. The quantitative estimate of drug-likeness (QED) is 0.382. The van der Waals surface area contributed by atoms with Gasteiger partial charge in [0.1, 0.15) is 0 Å². The van der Waals surface area contributed by atoms with Gasteiger partial charge in [0.2, 0.25) is 0 Å². The summed E-state index contributed by atoms with van der Waals surface area (Å²) in [4.78, 5) is 9.61. The predicted molar refractivity (Wildman–Crippen MR) is 19.8 cm³/mol. The molecule has 9 heavy (non-hydrogen) atoms. The predicted octanol–water partition coefficient (Wildman–Crippen LogP) is 0.146. The molecule has 0 radical (unpaired) electrons. The molecule has 0 bridgehead atoms. The number of alkyl halides is 3. The molecule has 0 aliphatic rings. The highest BCUT2D eigenvalue weighted by Gasteiger charge is 2.38. The molecule has 0 saturated carbocycles. The number of halogens is 3. The lowest BCUT2D eigenvalue weighted by Crippen LogP contribution is -2.33. The minimum absolute atomic E-state index is 0.854. The second-order valence-electron chi connectivity index (χ2n) is 1.06. The summed E-state index contributed by atoms with van der Waals surface area (Å²) >= 11 is 0. The third-order valence-electron chi connectivity index (χ3n) is 0.427.